The van der Waals surface area contributed by atoms with E-state index < -0.39 is 0 Å². The molecule has 1 aliphatic heterocycles. The van der Waals surface area contributed by atoms with Gasteiger partial charge < -0.3 is 0 Å². The lowest BCUT2D eigenvalue weighted by Crippen LogP contribution is -2.55. The quantitative estimate of drug-likeness (QED) is 0.518. The van der Waals surface area contributed by atoms with Gasteiger partial charge in [-0.05, 0) is 13.8 Å². The van der Waals surface area contributed by atoms with E-state index in [4.69, 9.17) is 0 Å². The molecule has 58 valence electrons. The zero-order chi connectivity index (χ0) is 7.72. The van der Waals surface area contributed by atoms with Crippen LogP contribution in [0.1, 0.15) is 13.8 Å². The maximum absolute atomic E-state index is 4.30. The van der Waals surface area contributed by atoms with E-state index in [9.17, 15) is 0 Å². The first kappa shape index (κ1) is 7.50. The fraction of sp³-hybridized carbons (Fsp3) is 0.833. The van der Waals surface area contributed by atoms with Gasteiger partial charge in [0.25, 0.3) is 0 Å². The van der Waals surface area contributed by atoms with Gasteiger partial charge in [-0.3, -0.25) is 10.4 Å². The molecule has 0 aromatic rings. The highest BCUT2D eigenvalue weighted by molar-refractivity contribution is 5.79. The fourth-order valence-corrected chi connectivity index (χ4v) is 0.956. The molecule has 10 heavy (non-hydrogen) atoms. The third kappa shape index (κ3) is 1.27. The second kappa shape index (κ2) is 2.56. The van der Waals surface area contributed by atoms with Crippen molar-refractivity contribution in [1.82, 2.24) is 15.6 Å². The Morgan fingerprint density at radius 1 is 1.50 bits per heavy atom. The minimum absolute atomic E-state index is 0.242. The second-order valence-corrected chi connectivity index (χ2v) is 2.56. The van der Waals surface area contributed by atoms with Crippen molar-refractivity contribution in [2.24, 2.45) is 4.99 Å². The largest absolute Gasteiger partial charge is 0.294 e. The molecule has 0 saturated heterocycles. The molecule has 0 bridgehead atoms. The molecule has 0 amide bonds. The van der Waals surface area contributed by atoms with Crippen molar-refractivity contribution < 1.29 is 0 Å². The summed E-state index contributed by atoms with van der Waals surface area (Å²) in [4.78, 5) is 4.30. The lowest BCUT2D eigenvalue weighted by molar-refractivity contribution is -0.0412. The summed E-state index contributed by atoms with van der Waals surface area (Å²) in [6.45, 7) is 4.01. The molecule has 4 heteroatoms. The van der Waals surface area contributed by atoms with E-state index >= 15 is 0 Å². The minimum Gasteiger partial charge on any atom is -0.294 e. The van der Waals surface area contributed by atoms with Crippen LogP contribution in [0.15, 0.2) is 4.99 Å². The highest BCUT2D eigenvalue weighted by Crippen LogP contribution is 2.03. The van der Waals surface area contributed by atoms with Crippen molar-refractivity contribution in [1.29, 1.82) is 0 Å². The summed E-state index contributed by atoms with van der Waals surface area (Å²) < 4.78 is 0. The molecule has 1 N–H and O–H groups in total. The van der Waals surface area contributed by atoms with Gasteiger partial charge in [0.2, 0.25) is 0 Å². The average Bonchev–Trinajstić information content (AvgIpc) is 1.82. The van der Waals surface area contributed by atoms with Crippen LogP contribution in [0.3, 0.4) is 0 Å². The first-order valence-electron chi connectivity index (χ1n) is 3.39. The Labute approximate surface area is 61.5 Å². The van der Waals surface area contributed by atoms with Crippen LogP contribution in [0.5, 0.6) is 0 Å². The Bertz CT molecular complexity index is 154. The standard InChI is InChI=1S/C6H14N4/c1-5-7-6(2)9(3)10(4)8-5/h6H,1-4H3,(H,7,8). The van der Waals surface area contributed by atoms with Gasteiger partial charge in [0, 0.05) is 14.1 Å². The maximum atomic E-state index is 4.30. The van der Waals surface area contributed by atoms with Gasteiger partial charge in [-0.2, -0.15) is 5.12 Å². The van der Waals surface area contributed by atoms with Crippen LogP contribution in [-0.4, -0.2) is 36.2 Å². The Morgan fingerprint density at radius 2 is 2.10 bits per heavy atom. The molecule has 0 aromatic heterocycles. The SMILES string of the molecule is CC1=NC(C)N(C)N(C)N1. The molecular formula is C6H14N4. The smallest absolute Gasteiger partial charge is 0.115 e. The number of rotatable bonds is 0. The van der Waals surface area contributed by atoms with Crippen LogP contribution in [-0.2, 0) is 0 Å². The molecule has 0 fully saturated rings. The predicted molar refractivity (Wildman–Crippen MR) is 41.2 cm³/mol. The molecule has 1 heterocycles. The molecule has 0 aromatic carbocycles. The van der Waals surface area contributed by atoms with E-state index in [1.807, 2.05) is 31.1 Å². The molecule has 1 unspecified atom stereocenters. The molecule has 1 atom stereocenters. The van der Waals surface area contributed by atoms with Crippen molar-refractivity contribution in [3.8, 4) is 0 Å². The zero-order valence-corrected chi connectivity index (χ0v) is 6.92. The maximum Gasteiger partial charge on any atom is 0.115 e. The van der Waals surface area contributed by atoms with Crippen molar-refractivity contribution in [3.63, 3.8) is 0 Å². The lowest BCUT2D eigenvalue weighted by atomic mass is 10.5. The predicted octanol–water partition coefficient (Wildman–Crippen LogP) is 0.0476. The first-order chi connectivity index (χ1) is 4.61. The Hall–Kier alpha value is -0.610. The molecule has 0 aliphatic carbocycles. The highest BCUT2D eigenvalue weighted by atomic mass is 15.8. The van der Waals surface area contributed by atoms with Gasteiger partial charge in [-0.25, -0.2) is 5.01 Å². The highest BCUT2D eigenvalue weighted by Gasteiger charge is 2.17. The fourth-order valence-electron chi connectivity index (χ4n) is 0.956. The van der Waals surface area contributed by atoms with Gasteiger partial charge in [0.15, 0.2) is 0 Å². The molecule has 1 rings (SSSR count). The van der Waals surface area contributed by atoms with Crippen LogP contribution in [0.2, 0.25) is 0 Å². The van der Waals surface area contributed by atoms with Gasteiger partial charge >= 0.3 is 0 Å². The van der Waals surface area contributed by atoms with Crippen LogP contribution in [0, 0.1) is 0 Å². The monoisotopic (exact) mass is 142 g/mol. The van der Waals surface area contributed by atoms with Gasteiger partial charge in [-0.15, -0.1) is 0 Å². The Balaban J connectivity index is 2.69. The van der Waals surface area contributed by atoms with Crippen molar-refractivity contribution in [2.75, 3.05) is 14.1 Å². The van der Waals surface area contributed by atoms with Crippen molar-refractivity contribution >= 4 is 5.84 Å². The normalized spacial score (nSPS) is 29.6. The van der Waals surface area contributed by atoms with Crippen molar-refractivity contribution in [3.05, 3.63) is 0 Å². The van der Waals surface area contributed by atoms with Crippen LogP contribution >= 0.6 is 0 Å². The number of nitrogens with one attached hydrogen (secondary N) is 1. The summed E-state index contributed by atoms with van der Waals surface area (Å²) in [5, 5.41) is 3.94. The summed E-state index contributed by atoms with van der Waals surface area (Å²) in [6.07, 6.45) is 0.242. The Kier molecular flexibility index (Phi) is 1.92. The molecule has 1 aliphatic rings. The second-order valence-electron chi connectivity index (χ2n) is 2.56. The van der Waals surface area contributed by atoms with Crippen LogP contribution in [0.4, 0.5) is 0 Å². The third-order valence-corrected chi connectivity index (χ3v) is 1.72. The van der Waals surface area contributed by atoms with E-state index in [1.165, 1.54) is 0 Å². The third-order valence-electron chi connectivity index (χ3n) is 1.72. The molecule has 0 radical (unpaired) electrons. The number of hydrogen-bond acceptors (Lipinski definition) is 4. The van der Waals surface area contributed by atoms with Crippen LogP contribution in [0.25, 0.3) is 0 Å². The summed E-state index contributed by atoms with van der Waals surface area (Å²) in [5.41, 5.74) is 3.07. The number of amidine groups is 1. The molecule has 4 nitrogen and oxygen atoms in total. The first-order valence-corrected chi connectivity index (χ1v) is 3.39. The van der Waals surface area contributed by atoms with Gasteiger partial charge in [0.1, 0.15) is 12.0 Å². The molecule has 0 spiro atoms. The van der Waals surface area contributed by atoms with E-state index in [0.29, 0.717) is 0 Å². The van der Waals surface area contributed by atoms with Crippen molar-refractivity contribution in [2.45, 2.75) is 20.0 Å². The summed E-state index contributed by atoms with van der Waals surface area (Å²) >= 11 is 0. The summed E-state index contributed by atoms with van der Waals surface area (Å²) in [5.74, 6) is 0.966. The lowest BCUT2D eigenvalue weighted by Gasteiger charge is -2.36. The van der Waals surface area contributed by atoms with Gasteiger partial charge in [0.05, 0.1) is 0 Å². The number of nitrogens with zero attached hydrogens (tertiary/aromatic N) is 3. The van der Waals surface area contributed by atoms with Crippen LogP contribution < -0.4 is 5.43 Å². The Morgan fingerprint density at radius 3 is 2.60 bits per heavy atom. The summed E-state index contributed by atoms with van der Waals surface area (Å²) in [6, 6.07) is 0. The molecule has 0 saturated carbocycles. The van der Waals surface area contributed by atoms with E-state index in [2.05, 4.69) is 17.3 Å². The van der Waals surface area contributed by atoms with E-state index in [-0.39, 0.29) is 6.17 Å². The zero-order valence-electron chi connectivity index (χ0n) is 6.92. The number of hydrogen-bond donors (Lipinski definition) is 1. The topological polar surface area (TPSA) is 30.9 Å². The number of aliphatic imine (C=N–C) groups is 1. The minimum atomic E-state index is 0.242. The van der Waals surface area contributed by atoms with E-state index in [1.54, 1.807) is 0 Å². The average molecular weight is 142 g/mol. The summed E-state index contributed by atoms with van der Waals surface area (Å²) in [7, 11) is 3.96. The number of hydrazine groups is 2. The molecular weight excluding hydrogens is 128 g/mol. The van der Waals surface area contributed by atoms with Gasteiger partial charge in [-0.1, -0.05) is 0 Å². The van der Waals surface area contributed by atoms with E-state index in [0.717, 1.165) is 5.84 Å².